The minimum absolute atomic E-state index is 0.182. The van der Waals surface area contributed by atoms with Gasteiger partial charge in [0, 0.05) is 23.5 Å². The lowest BCUT2D eigenvalue weighted by molar-refractivity contribution is -0.145. The third kappa shape index (κ3) is 13.9. The van der Waals surface area contributed by atoms with E-state index in [-0.39, 0.29) is 47.8 Å². The fraction of sp³-hybridized carbons (Fsp3) is 0.500. The van der Waals surface area contributed by atoms with Gasteiger partial charge in [0.05, 0.1) is 20.1 Å². The van der Waals surface area contributed by atoms with Crippen molar-refractivity contribution >= 4 is 52.9 Å². The average molecular weight is 657 g/mol. The van der Waals surface area contributed by atoms with E-state index in [2.05, 4.69) is 21.3 Å². The van der Waals surface area contributed by atoms with E-state index in [1.165, 1.54) is 26.0 Å². The second-order valence-corrected chi connectivity index (χ2v) is 13.7. The highest BCUT2D eigenvalue weighted by Crippen LogP contribution is 2.26. The van der Waals surface area contributed by atoms with Crippen molar-refractivity contribution in [2.24, 2.45) is 11.3 Å². The van der Waals surface area contributed by atoms with Crippen molar-refractivity contribution in [1.82, 2.24) is 10.6 Å². The first kappa shape index (κ1) is 38.1. The minimum atomic E-state index is -0.908. The van der Waals surface area contributed by atoms with Crippen LogP contribution in [0.3, 0.4) is 0 Å². The van der Waals surface area contributed by atoms with Crippen LogP contribution in [0.1, 0.15) is 65.4 Å². The van der Waals surface area contributed by atoms with Gasteiger partial charge < -0.3 is 30.7 Å². The predicted octanol–water partition coefficient (Wildman–Crippen LogP) is 5.34. The SMILES string of the molecule is COC(=O)[C@H](CSCC[C@H](NC(=O)C(CC(C)C)c1ccc(NC(=O)Nc2ccccc2)cc1)C(=O)OC)NC(=O)CC(C)(C)C. The average Bonchev–Trinajstić information content (AvgIpc) is 2.99. The number of hydrogen-bond donors (Lipinski definition) is 4. The minimum Gasteiger partial charge on any atom is -0.467 e. The zero-order chi connectivity index (χ0) is 34.3. The molecule has 0 radical (unpaired) electrons. The number of thioether (sulfide) groups is 1. The Bertz CT molecular complexity index is 1300. The molecule has 252 valence electrons. The maximum absolute atomic E-state index is 13.6. The van der Waals surface area contributed by atoms with Gasteiger partial charge in [0.2, 0.25) is 11.8 Å². The maximum Gasteiger partial charge on any atom is 0.329 e. The van der Waals surface area contributed by atoms with Gasteiger partial charge in [-0.3, -0.25) is 9.59 Å². The largest absolute Gasteiger partial charge is 0.467 e. The summed E-state index contributed by atoms with van der Waals surface area (Å²) in [5, 5.41) is 11.1. The predicted molar refractivity (Wildman–Crippen MR) is 182 cm³/mol. The number of anilines is 2. The number of nitrogens with one attached hydrogen (secondary N) is 4. The number of methoxy groups -OCH3 is 2. The van der Waals surface area contributed by atoms with Crippen LogP contribution in [0.2, 0.25) is 0 Å². The lowest BCUT2D eigenvalue weighted by Gasteiger charge is -2.23. The first-order valence-electron chi connectivity index (χ1n) is 15.3. The Morgan fingerprint density at radius 1 is 0.783 bits per heavy atom. The molecular weight excluding hydrogens is 608 g/mol. The van der Waals surface area contributed by atoms with Gasteiger partial charge >= 0.3 is 18.0 Å². The van der Waals surface area contributed by atoms with Crippen LogP contribution >= 0.6 is 11.8 Å². The second kappa shape index (κ2) is 18.8. The second-order valence-electron chi connectivity index (χ2n) is 12.6. The van der Waals surface area contributed by atoms with Crippen molar-refractivity contribution < 1.29 is 33.4 Å². The fourth-order valence-electron chi connectivity index (χ4n) is 4.58. The molecule has 2 aromatic carbocycles. The number of esters is 2. The quantitative estimate of drug-likeness (QED) is 0.140. The number of rotatable bonds is 16. The monoisotopic (exact) mass is 656 g/mol. The molecule has 12 heteroatoms. The molecule has 0 heterocycles. The van der Waals surface area contributed by atoms with E-state index >= 15 is 0 Å². The Hall–Kier alpha value is -4.06. The van der Waals surface area contributed by atoms with E-state index < -0.39 is 29.9 Å². The van der Waals surface area contributed by atoms with Crippen molar-refractivity contribution in [2.75, 3.05) is 36.4 Å². The topological polar surface area (TPSA) is 152 Å². The van der Waals surface area contributed by atoms with Crippen molar-refractivity contribution in [3.8, 4) is 0 Å². The van der Waals surface area contributed by atoms with Crippen LogP contribution in [-0.2, 0) is 28.7 Å². The summed E-state index contributed by atoms with van der Waals surface area (Å²) >= 11 is 1.36. The molecule has 0 aromatic heterocycles. The zero-order valence-corrected chi connectivity index (χ0v) is 28.6. The summed E-state index contributed by atoms with van der Waals surface area (Å²) < 4.78 is 9.83. The molecule has 0 aliphatic heterocycles. The summed E-state index contributed by atoms with van der Waals surface area (Å²) in [6, 6.07) is 14.0. The number of urea groups is 1. The first-order valence-corrected chi connectivity index (χ1v) is 16.4. The molecule has 0 saturated carbocycles. The van der Waals surface area contributed by atoms with Crippen LogP contribution in [0.5, 0.6) is 0 Å². The van der Waals surface area contributed by atoms with E-state index in [1.807, 2.05) is 52.8 Å². The van der Waals surface area contributed by atoms with Crippen molar-refractivity contribution in [1.29, 1.82) is 0 Å². The van der Waals surface area contributed by atoms with Crippen LogP contribution in [0.15, 0.2) is 54.6 Å². The number of carbonyl (C=O) groups excluding carboxylic acids is 5. The molecule has 2 rings (SSSR count). The van der Waals surface area contributed by atoms with Crippen molar-refractivity contribution in [2.45, 2.75) is 71.9 Å². The van der Waals surface area contributed by atoms with Gasteiger partial charge in [-0.1, -0.05) is 65.0 Å². The lowest BCUT2D eigenvalue weighted by Crippen LogP contribution is -2.45. The molecule has 1 unspecified atom stereocenters. The highest BCUT2D eigenvalue weighted by Gasteiger charge is 2.29. The number of amides is 4. The first-order chi connectivity index (χ1) is 21.7. The van der Waals surface area contributed by atoms with Gasteiger partial charge in [-0.2, -0.15) is 11.8 Å². The van der Waals surface area contributed by atoms with Crippen LogP contribution < -0.4 is 21.3 Å². The molecule has 3 atom stereocenters. The molecule has 0 bridgehead atoms. The number of carbonyl (C=O) groups is 5. The highest BCUT2D eigenvalue weighted by atomic mass is 32.2. The number of hydrogen-bond acceptors (Lipinski definition) is 8. The van der Waals surface area contributed by atoms with Crippen molar-refractivity contribution in [3.05, 3.63) is 60.2 Å². The Morgan fingerprint density at radius 2 is 1.35 bits per heavy atom. The zero-order valence-electron chi connectivity index (χ0n) is 27.8. The summed E-state index contributed by atoms with van der Waals surface area (Å²) in [4.78, 5) is 63.3. The van der Waals surface area contributed by atoms with E-state index in [9.17, 15) is 24.0 Å². The van der Waals surface area contributed by atoms with Gasteiger partial charge in [0.1, 0.15) is 12.1 Å². The summed E-state index contributed by atoms with van der Waals surface area (Å²) in [5.74, 6) is -1.43. The molecule has 0 saturated heterocycles. The third-order valence-corrected chi connectivity index (χ3v) is 7.87. The summed E-state index contributed by atoms with van der Waals surface area (Å²) in [6.07, 6.45) is 1.04. The standard InChI is InChI=1S/C34H48N4O7S/c1-22(2)19-26(23-13-15-25(16-14-23)36-33(43)35-24-11-9-8-10-12-24)30(40)38-27(31(41)44-6)17-18-46-21-28(32(42)45-7)37-29(39)20-34(3,4)5/h8-16,22,26-28H,17-21H2,1-7H3,(H,37,39)(H,38,40)(H2,35,36,43)/t26?,27-,28-/m0/s1. The van der Waals surface area contributed by atoms with Gasteiger partial charge in [-0.25, -0.2) is 14.4 Å². The molecule has 46 heavy (non-hydrogen) atoms. The lowest BCUT2D eigenvalue weighted by atomic mass is 9.89. The van der Waals surface area contributed by atoms with Crippen LogP contribution in [0.25, 0.3) is 0 Å². The molecule has 11 nitrogen and oxygen atoms in total. The van der Waals surface area contributed by atoms with Gasteiger partial charge in [0.15, 0.2) is 0 Å². The van der Waals surface area contributed by atoms with Gasteiger partial charge in [-0.15, -0.1) is 0 Å². The molecule has 4 amide bonds. The van der Waals surface area contributed by atoms with Crippen molar-refractivity contribution in [3.63, 3.8) is 0 Å². The smallest absolute Gasteiger partial charge is 0.329 e. The van der Waals surface area contributed by atoms with Crippen LogP contribution in [0.4, 0.5) is 16.2 Å². The summed E-state index contributed by atoms with van der Waals surface area (Å²) in [5.41, 5.74) is 1.72. The summed E-state index contributed by atoms with van der Waals surface area (Å²) in [6.45, 7) is 9.82. The van der Waals surface area contributed by atoms with E-state index in [4.69, 9.17) is 9.47 Å². The fourth-order valence-corrected chi connectivity index (χ4v) is 5.61. The molecule has 0 aliphatic rings. The number of benzene rings is 2. The van der Waals surface area contributed by atoms with Crippen LogP contribution in [-0.4, -0.2) is 67.6 Å². The Kier molecular flexibility index (Phi) is 15.6. The van der Waals surface area contributed by atoms with E-state index in [0.717, 1.165) is 5.56 Å². The normalized spacial score (nSPS) is 13.1. The van der Waals surface area contributed by atoms with Crippen LogP contribution in [0, 0.1) is 11.3 Å². The molecule has 0 spiro atoms. The molecular formula is C34H48N4O7S. The third-order valence-electron chi connectivity index (χ3n) is 6.78. The van der Waals surface area contributed by atoms with Gasteiger partial charge in [-0.05, 0) is 59.8 Å². The molecule has 0 fully saturated rings. The summed E-state index contributed by atoms with van der Waals surface area (Å²) in [7, 11) is 2.52. The highest BCUT2D eigenvalue weighted by molar-refractivity contribution is 7.99. The molecule has 4 N–H and O–H groups in total. The Balaban J connectivity index is 2.04. The molecule has 2 aromatic rings. The van der Waals surface area contributed by atoms with Gasteiger partial charge in [0.25, 0.3) is 0 Å². The number of para-hydroxylation sites is 1. The Labute approximate surface area is 276 Å². The van der Waals surface area contributed by atoms with E-state index in [0.29, 0.717) is 23.5 Å². The Morgan fingerprint density at radius 3 is 1.89 bits per heavy atom. The molecule has 0 aliphatic carbocycles. The maximum atomic E-state index is 13.6. The number of ether oxygens (including phenoxy) is 2. The van der Waals surface area contributed by atoms with E-state index in [1.54, 1.807) is 36.4 Å².